The molecule has 0 radical (unpaired) electrons. The van der Waals surface area contributed by atoms with Gasteiger partial charge in [0.15, 0.2) is 5.78 Å². The zero-order valence-electron chi connectivity index (χ0n) is 10.2. The van der Waals surface area contributed by atoms with Crippen LogP contribution in [0.3, 0.4) is 0 Å². The molecule has 3 nitrogen and oxygen atoms in total. The fourth-order valence-electron chi connectivity index (χ4n) is 1.52. The molecule has 0 unspecified atom stereocenters. The van der Waals surface area contributed by atoms with Crippen molar-refractivity contribution in [1.82, 2.24) is 5.32 Å². The van der Waals surface area contributed by atoms with Gasteiger partial charge < -0.3 is 5.32 Å². The van der Waals surface area contributed by atoms with Crippen LogP contribution in [0.25, 0.3) is 0 Å². The lowest BCUT2D eigenvalue weighted by atomic mass is 10.0. The average molecular weight is 231 g/mol. The van der Waals surface area contributed by atoms with Gasteiger partial charge in [-0.15, -0.1) is 0 Å². The van der Waals surface area contributed by atoms with Gasteiger partial charge in [0.25, 0.3) is 5.91 Å². The summed E-state index contributed by atoms with van der Waals surface area (Å²) in [5.74, 6) is -0.287. The molecule has 1 aromatic rings. The second kappa shape index (κ2) is 6.63. The van der Waals surface area contributed by atoms with Crippen molar-refractivity contribution in [2.24, 2.45) is 0 Å². The monoisotopic (exact) mass is 231 g/mol. The lowest BCUT2D eigenvalue weighted by molar-refractivity contribution is 0.0939. The molecule has 90 valence electrons. The number of allylic oxidation sites excluding steroid dienone is 1. The van der Waals surface area contributed by atoms with Crippen molar-refractivity contribution >= 4 is 11.7 Å². The van der Waals surface area contributed by atoms with Crippen molar-refractivity contribution in [3.05, 3.63) is 47.5 Å². The summed E-state index contributed by atoms with van der Waals surface area (Å²) in [6.45, 7) is 3.98. The van der Waals surface area contributed by atoms with Crippen molar-refractivity contribution in [1.29, 1.82) is 0 Å². The fourth-order valence-corrected chi connectivity index (χ4v) is 1.52. The number of amides is 1. The van der Waals surface area contributed by atoms with Crippen LogP contribution >= 0.6 is 0 Å². The molecule has 0 atom stereocenters. The van der Waals surface area contributed by atoms with Crippen molar-refractivity contribution in [2.75, 3.05) is 6.54 Å². The molecule has 1 N–H and O–H groups in total. The molecule has 0 aliphatic rings. The lowest BCUT2D eigenvalue weighted by Crippen LogP contribution is -2.25. The Morgan fingerprint density at radius 3 is 2.47 bits per heavy atom. The third kappa shape index (κ3) is 3.87. The molecule has 0 bridgehead atoms. The molecule has 1 aromatic carbocycles. The van der Waals surface area contributed by atoms with E-state index < -0.39 is 0 Å². The minimum Gasteiger partial charge on any atom is -0.352 e. The fraction of sp³-hybridized carbons (Fsp3) is 0.286. The second-order valence-electron chi connectivity index (χ2n) is 3.72. The van der Waals surface area contributed by atoms with Crippen molar-refractivity contribution in [2.45, 2.75) is 20.3 Å². The molecule has 3 heteroatoms. The molecule has 0 aliphatic carbocycles. The SMILES string of the molecule is C/C=C/CCNC(=O)c1ccccc1C(C)=O. The molecule has 0 aliphatic heterocycles. The van der Waals surface area contributed by atoms with Crippen LogP contribution in [0.2, 0.25) is 0 Å². The first-order valence-corrected chi connectivity index (χ1v) is 5.66. The number of Topliss-reactive ketones (excluding diaryl/α,β-unsaturated/α-hetero) is 1. The standard InChI is InChI=1S/C14H17NO2/c1-3-4-7-10-15-14(17)13-9-6-5-8-12(13)11(2)16/h3-6,8-9H,7,10H2,1-2H3,(H,15,17)/b4-3+. The Bertz CT molecular complexity index is 436. The van der Waals surface area contributed by atoms with Gasteiger partial charge in [0.2, 0.25) is 0 Å². The Morgan fingerprint density at radius 2 is 1.88 bits per heavy atom. The summed E-state index contributed by atoms with van der Waals surface area (Å²) < 4.78 is 0. The average Bonchev–Trinajstić information content (AvgIpc) is 2.34. The van der Waals surface area contributed by atoms with E-state index in [0.717, 1.165) is 6.42 Å². The van der Waals surface area contributed by atoms with E-state index >= 15 is 0 Å². The molecule has 0 spiro atoms. The maximum Gasteiger partial charge on any atom is 0.252 e. The second-order valence-corrected chi connectivity index (χ2v) is 3.72. The first-order valence-electron chi connectivity index (χ1n) is 5.66. The largest absolute Gasteiger partial charge is 0.352 e. The number of hydrogen-bond acceptors (Lipinski definition) is 2. The smallest absolute Gasteiger partial charge is 0.252 e. The summed E-state index contributed by atoms with van der Waals surface area (Å²) in [5.41, 5.74) is 0.913. The summed E-state index contributed by atoms with van der Waals surface area (Å²) in [7, 11) is 0. The molecule has 0 aromatic heterocycles. The van der Waals surface area contributed by atoms with E-state index in [-0.39, 0.29) is 11.7 Å². The minimum absolute atomic E-state index is 0.0933. The highest BCUT2D eigenvalue weighted by atomic mass is 16.2. The number of carbonyl (C=O) groups excluding carboxylic acids is 2. The first kappa shape index (κ1) is 13.2. The van der Waals surface area contributed by atoms with Gasteiger partial charge >= 0.3 is 0 Å². The zero-order valence-corrected chi connectivity index (χ0v) is 10.2. The zero-order chi connectivity index (χ0) is 12.7. The van der Waals surface area contributed by atoms with Crippen LogP contribution in [-0.4, -0.2) is 18.2 Å². The topological polar surface area (TPSA) is 46.2 Å². The van der Waals surface area contributed by atoms with E-state index in [0.29, 0.717) is 17.7 Å². The van der Waals surface area contributed by atoms with Gasteiger partial charge in [-0.05, 0) is 26.3 Å². The summed E-state index contributed by atoms with van der Waals surface area (Å²) in [6.07, 6.45) is 4.72. The van der Waals surface area contributed by atoms with E-state index in [4.69, 9.17) is 0 Å². The van der Waals surface area contributed by atoms with E-state index in [1.807, 2.05) is 19.1 Å². The predicted octanol–water partition coefficient (Wildman–Crippen LogP) is 2.59. The Labute approximate surface area is 102 Å². The third-order valence-electron chi connectivity index (χ3n) is 2.38. The quantitative estimate of drug-likeness (QED) is 0.481. The lowest BCUT2D eigenvalue weighted by Gasteiger charge is -2.07. The van der Waals surface area contributed by atoms with Gasteiger partial charge in [0, 0.05) is 12.1 Å². The van der Waals surface area contributed by atoms with Crippen molar-refractivity contribution in [3.8, 4) is 0 Å². The number of hydrogen-bond donors (Lipinski definition) is 1. The third-order valence-corrected chi connectivity index (χ3v) is 2.38. The van der Waals surface area contributed by atoms with Gasteiger partial charge in [-0.1, -0.05) is 30.4 Å². The number of nitrogens with one attached hydrogen (secondary N) is 1. The molecular weight excluding hydrogens is 214 g/mol. The van der Waals surface area contributed by atoms with Crippen LogP contribution in [0, 0.1) is 0 Å². The maximum absolute atomic E-state index is 11.8. The van der Waals surface area contributed by atoms with Gasteiger partial charge in [0.05, 0.1) is 5.56 Å². The Kier molecular flexibility index (Phi) is 5.14. The Morgan fingerprint density at radius 1 is 1.24 bits per heavy atom. The Hall–Kier alpha value is -1.90. The molecule has 0 saturated heterocycles. The predicted molar refractivity (Wildman–Crippen MR) is 68.2 cm³/mol. The molecule has 1 rings (SSSR count). The number of carbonyl (C=O) groups is 2. The van der Waals surface area contributed by atoms with Crippen LogP contribution < -0.4 is 5.32 Å². The van der Waals surface area contributed by atoms with Crippen LogP contribution in [0.5, 0.6) is 0 Å². The summed E-state index contributed by atoms with van der Waals surface area (Å²) >= 11 is 0. The summed E-state index contributed by atoms with van der Waals surface area (Å²) in [5, 5.41) is 2.79. The molecule has 0 fully saturated rings. The Balaban J connectivity index is 2.71. The normalized spacial score (nSPS) is 10.5. The minimum atomic E-state index is -0.194. The summed E-state index contributed by atoms with van der Waals surface area (Å²) in [6, 6.07) is 6.85. The van der Waals surface area contributed by atoms with Crippen LogP contribution in [0.4, 0.5) is 0 Å². The molecular formula is C14H17NO2. The molecule has 0 saturated carbocycles. The first-order chi connectivity index (χ1) is 8.16. The molecule has 17 heavy (non-hydrogen) atoms. The van der Waals surface area contributed by atoms with E-state index in [2.05, 4.69) is 5.32 Å². The highest BCUT2D eigenvalue weighted by Gasteiger charge is 2.12. The van der Waals surface area contributed by atoms with E-state index in [9.17, 15) is 9.59 Å². The van der Waals surface area contributed by atoms with Crippen LogP contribution in [-0.2, 0) is 0 Å². The van der Waals surface area contributed by atoms with Crippen molar-refractivity contribution in [3.63, 3.8) is 0 Å². The molecule has 0 heterocycles. The van der Waals surface area contributed by atoms with E-state index in [1.54, 1.807) is 24.3 Å². The maximum atomic E-state index is 11.8. The van der Waals surface area contributed by atoms with Crippen LogP contribution in [0.1, 0.15) is 41.0 Å². The number of ketones is 1. The van der Waals surface area contributed by atoms with Gasteiger partial charge in [-0.3, -0.25) is 9.59 Å². The van der Waals surface area contributed by atoms with Gasteiger partial charge in [0.1, 0.15) is 0 Å². The number of benzene rings is 1. The van der Waals surface area contributed by atoms with Gasteiger partial charge in [-0.25, -0.2) is 0 Å². The van der Waals surface area contributed by atoms with Gasteiger partial charge in [-0.2, -0.15) is 0 Å². The highest BCUT2D eigenvalue weighted by molar-refractivity contribution is 6.07. The molecule has 1 amide bonds. The van der Waals surface area contributed by atoms with E-state index in [1.165, 1.54) is 6.92 Å². The van der Waals surface area contributed by atoms with Crippen molar-refractivity contribution < 1.29 is 9.59 Å². The number of rotatable bonds is 5. The summed E-state index contributed by atoms with van der Waals surface area (Å²) in [4.78, 5) is 23.2. The van der Waals surface area contributed by atoms with Crippen LogP contribution in [0.15, 0.2) is 36.4 Å². The highest BCUT2D eigenvalue weighted by Crippen LogP contribution is 2.09.